The van der Waals surface area contributed by atoms with Crippen LogP contribution in [-0.2, 0) is 14.3 Å². The van der Waals surface area contributed by atoms with Gasteiger partial charge in [-0.25, -0.2) is 0 Å². The van der Waals surface area contributed by atoms with Crippen LogP contribution in [0.4, 0.5) is 0 Å². The largest absolute Gasteiger partial charge is 0.390 e. The molecule has 0 bridgehead atoms. The molecule has 1 fully saturated rings. The molecule has 1 heterocycles. The number of allylic oxidation sites excluding steroid dienone is 2. The Morgan fingerprint density at radius 1 is 1.40 bits per heavy atom. The first-order valence-corrected chi connectivity index (χ1v) is 6.79. The lowest BCUT2D eigenvalue weighted by molar-refractivity contribution is -0.168. The van der Waals surface area contributed by atoms with Gasteiger partial charge in [-0.1, -0.05) is 24.3 Å². The Morgan fingerprint density at radius 3 is 2.80 bits per heavy atom. The minimum atomic E-state index is -0.626. The van der Waals surface area contributed by atoms with Crippen molar-refractivity contribution in [3.63, 3.8) is 0 Å². The smallest absolute Gasteiger partial charge is 0.251 e. The summed E-state index contributed by atoms with van der Waals surface area (Å²) >= 11 is 0. The highest BCUT2D eigenvalue weighted by molar-refractivity contribution is 5.81. The standard InChI is InChI=1S/C14H22N2O4/c1-16(2)8-10(17)7-15-14(18)13-9-19-11-5-3-4-6-12(11)20-13/h3-6,10-13,17H,7-9H2,1-2H3,(H,15,18). The quantitative estimate of drug-likeness (QED) is 0.698. The van der Waals surface area contributed by atoms with Crippen LogP contribution in [0.15, 0.2) is 24.3 Å². The van der Waals surface area contributed by atoms with Gasteiger partial charge in [-0.05, 0) is 14.1 Å². The Balaban J connectivity index is 1.76. The highest BCUT2D eigenvalue weighted by atomic mass is 16.6. The van der Waals surface area contributed by atoms with Crippen molar-refractivity contribution in [2.75, 3.05) is 33.8 Å². The number of aliphatic hydroxyl groups excluding tert-OH is 1. The number of carbonyl (C=O) groups is 1. The van der Waals surface area contributed by atoms with Crippen molar-refractivity contribution >= 4 is 5.91 Å². The topological polar surface area (TPSA) is 71.0 Å². The van der Waals surface area contributed by atoms with Gasteiger partial charge in [0.2, 0.25) is 0 Å². The Kier molecular flexibility index (Phi) is 5.31. The molecular weight excluding hydrogens is 260 g/mol. The van der Waals surface area contributed by atoms with Crippen LogP contribution < -0.4 is 5.32 Å². The highest BCUT2D eigenvalue weighted by Crippen LogP contribution is 2.20. The van der Waals surface area contributed by atoms with Crippen molar-refractivity contribution in [2.45, 2.75) is 24.4 Å². The molecule has 112 valence electrons. The Bertz CT molecular complexity index is 395. The van der Waals surface area contributed by atoms with E-state index in [1.54, 1.807) is 0 Å². The molecule has 20 heavy (non-hydrogen) atoms. The number of nitrogens with zero attached hydrogens (tertiary/aromatic N) is 1. The zero-order valence-corrected chi connectivity index (χ0v) is 11.9. The summed E-state index contributed by atoms with van der Waals surface area (Å²) < 4.78 is 11.3. The normalized spacial score (nSPS) is 30.1. The van der Waals surface area contributed by atoms with E-state index in [0.29, 0.717) is 6.54 Å². The molecule has 0 spiro atoms. The number of amides is 1. The number of aliphatic hydroxyl groups is 1. The molecule has 2 rings (SSSR count). The molecule has 1 amide bonds. The lowest BCUT2D eigenvalue weighted by atomic mass is 10.1. The predicted molar refractivity (Wildman–Crippen MR) is 74.3 cm³/mol. The predicted octanol–water partition coefficient (Wildman–Crippen LogP) is -0.696. The van der Waals surface area contributed by atoms with E-state index >= 15 is 0 Å². The number of likely N-dealkylation sites (N-methyl/N-ethyl adjacent to an activating group) is 1. The number of nitrogens with one attached hydrogen (secondary N) is 1. The summed E-state index contributed by atoms with van der Waals surface area (Å²) in [6.45, 7) is 0.941. The summed E-state index contributed by atoms with van der Waals surface area (Å²) in [5.41, 5.74) is 0. The van der Waals surface area contributed by atoms with Gasteiger partial charge in [0, 0.05) is 13.1 Å². The van der Waals surface area contributed by atoms with Gasteiger partial charge in [-0.15, -0.1) is 0 Å². The van der Waals surface area contributed by atoms with Crippen molar-refractivity contribution in [3.8, 4) is 0 Å². The zero-order valence-electron chi connectivity index (χ0n) is 11.9. The summed E-state index contributed by atoms with van der Waals surface area (Å²) in [5, 5.41) is 12.4. The molecule has 4 atom stereocenters. The lowest BCUT2D eigenvalue weighted by Gasteiger charge is -2.34. The average molecular weight is 282 g/mol. The van der Waals surface area contributed by atoms with E-state index in [1.165, 1.54) is 0 Å². The SMILES string of the molecule is CN(C)CC(O)CNC(=O)C1COC2C=CC=CC2O1. The maximum absolute atomic E-state index is 12.0. The van der Waals surface area contributed by atoms with Crippen LogP contribution >= 0.6 is 0 Å². The first kappa shape index (κ1) is 15.2. The average Bonchev–Trinajstić information content (AvgIpc) is 2.43. The number of rotatable bonds is 5. The molecule has 0 saturated carbocycles. The summed E-state index contributed by atoms with van der Waals surface area (Å²) in [7, 11) is 3.73. The molecule has 1 aliphatic carbocycles. The third kappa shape index (κ3) is 4.14. The molecule has 1 saturated heterocycles. The highest BCUT2D eigenvalue weighted by Gasteiger charge is 2.33. The fourth-order valence-corrected chi connectivity index (χ4v) is 2.22. The van der Waals surface area contributed by atoms with Crippen molar-refractivity contribution in [3.05, 3.63) is 24.3 Å². The van der Waals surface area contributed by atoms with E-state index in [4.69, 9.17) is 9.47 Å². The third-order valence-electron chi connectivity index (χ3n) is 3.18. The summed E-state index contributed by atoms with van der Waals surface area (Å²) in [5.74, 6) is -0.246. The van der Waals surface area contributed by atoms with E-state index in [-0.39, 0.29) is 31.3 Å². The number of carbonyl (C=O) groups excluding carboxylic acids is 1. The van der Waals surface area contributed by atoms with Gasteiger partial charge >= 0.3 is 0 Å². The van der Waals surface area contributed by atoms with Crippen LogP contribution in [0.3, 0.4) is 0 Å². The zero-order chi connectivity index (χ0) is 14.5. The number of hydrogen-bond acceptors (Lipinski definition) is 5. The fourth-order valence-electron chi connectivity index (χ4n) is 2.22. The van der Waals surface area contributed by atoms with Crippen LogP contribution in [0.1, 0.15) is 0 Å². The number of hydrogen-bond donors (Lipinski definition) is 2. The molecule has 6 heteroatoms. The van der Waals surface area contributed by atoms with Crippen LogP contribution in [0.25, 0.3) is 0 Å². The van der Waals surface area contributed by atoms with Gasteiger partial charge in [0.05, 0.1) is 12.7 Å². The molecule has 0 aromatic heterocycles. The van der Waals surface area contributed by atoms with Gasteiger partial charge < -0.3 is 24.8 Å². The van der Waals surface area contributed by atoms with E-state index in [0.717, 1.165) is 0 Å². The van der Waals surface area contributed by atoms with E-state index in [2.05, 4.69) is 5.32 Å². The molecule has 1 aliphatic heterocycles. The van der Waals surface area contributed by atoms with Crippen molar-refractivity contribution in [1.82, 2.24) is 10.2 Å². The first-order chi connectivity index (χ1) is 9.56. The number of fused-ring (bicyclic) bond motifs is 1. The first-order valence-electron chi connectivity index (χ1n) is 6.79. The summed E-state index contributed by atoms with van der Waals surface area (Å²) in [4.78, 5) is 13.8. The molecule has 2 N–H and O–H groups in total. The van der Waals surface area contributed by atoms with Crippen molar-refractivity contribution in [2.24, 2.45) is 0 Å². The molecule has 6 nitrogen and oxygen atoms in total. The van der Waals surface area contributed by atoms with Crippen molar-refractivity contribution in [1.29, 1.82) is 0 Å². The molecule has 0 radical (unpaired) electrons. The van der Waals surface area contributed by atoms with Crippen molar-refractivity contribution < 1.29 is 19.4 Å². The van der Waals surface area contributed by atoms with Crippen LogP contribution in [0.2, 0.25) is 0 Å². The Morgan fingerprint density at radius 2 is 2.10 bits per heavy atom. The van der Waals surface area contributed by atoms with Gasteiger partial charge in [-0.2, -0.15) is 0 Å². The fraction of sp³-hybridized carbons (Fsp3) is 0.643. The lowest BCUT2D eigenvalue weighted by Crippen LogP contribution is -2.50. The van der Waals surface area contributed by atoms with Gasteiger partial charge in [0.25, 0.3) is 5.91 Å². The van der Waals surface area contributed by atoms with Gasteiger partial charge in [0.1, 0.15) is 12.2 Å². The second-order valence-corrected chi connectivity index (χ2v) is 5.32. The van der Waals surface area contributed by atoms with E-state index in [1.807, 2.05) is 43.3 Å². The third-order valence-corrected chi connectivity index (χ3v) is 3.18. The molecule has 2 aliphatic rings. The number of ether oxygens (including phenoxy) is 2. The minimum absolute atomic E-state index is 0.108. The van der Waals surface area contributed by atoms with Crippen LogP contribution in [-0.4, -0.2) is 74.1 Å². The van der Waals surface area contributed by atoms with Crippen LogP contribution in [0, 0.1) is 0 Å². The van der Waals surface area contributed by atoms with E-state index < -0.39 is 12.2 Å². The molecule has 0 aromatic rings. The van der Waals surface area contributed by atoms with Crippen LogP contribution in [0.5, 0.6) is 0 Å². The maximum atomic E-state index is 12.0. The second-order valence-electron chi connectivity index (χ2n) is 5.32. The maximum Gasteiger partial charge on any atom is 0.251 e. The van der Waals surface area contributed by atoms with E-state index in [9.17, 15) is 9.90 Å². The molecular formula is C14H22N2O4. The molecule has 4 unspecified atom stereocenters. The monoisotopic (exact) mass is 282 g/mol. The van der Waals surface area contributed by atoms with Gasteiger partial charge in [-0.3, -0.25) is 4.79 Å². The Labute approximate surface area is 119 Å². The summed E-state index contributed by atoms with van der Waals surface area (Å²) in [6.07, 6.45) is 6.04. The Hall–Kier alpha value is -1.21. The minimum Gasteiger partial charge on any atom is -0.390 e. The second kappa shape index (κ2) is 6.99. The summed E-state index contributed by atoms with van der Waals surface area (Å²) in [6, 6.07) is 0. The van der Waals surface area contributed by atoms with Gasteiger partial charge in [0.15, 0.2) is 6.10 Å². The molecule has 0 aromatic carbocycles.